The summed E-state index contributed by atoms with van der Waals surface area (Å²) in [6, 6.07) is 3.37. The molecule has 1 amide bonds. The van der Waals surface area contributed by atoms with Gasteiger partial charge in [-0.2, -0.15) is 0 Å². The molecule has 1 aromatic carbocycles. The first-order chi connectivity index (χ1) is 10.1. The number of amides is 1. The Morgan fingerprint density at radius 1 is 1.27 bits per heavy atom. The lowest BCUT2D eigenvalue weighted by Crippen LogP contribution is -2.60. The molecule has 1 aliphatic heterocycles. The highest BCUT2D eigenvalue weighted by Gasteiger charge is 2.34. The van der Waals surface area contributed by atoms with Crippen LogP contribution in [0.1, 0.15) is 39.3 Å². The van der Waals surface area contributed by atoms with Gasteiger partial charge in [0.25, 0.3) is 0 Å². The number of hydrogen-bond acceptors (Lipinski definition) is 3. The Labute approximate surface area is 129 Å². The van der Waals surface area contributed by atoms with E-state index in [9.17, 15) is 13.6 Å². The topological polar surface area (TPSA) is 41.6 Å². The Bertz CT molecular complexity index is 531. The number of nitrogens with zero attached hydrogens (tertiary/aromatic N) is 1. The highest BCUT2D eigenvalue weighted by Crippen LogP contribution is 2.20. The predicted octanol–water partition coefficient (Wildman–Crippen LogP) is 3.23. The molecule has 0 radical (unpaired) electrons. The van der Waals surface area contributed by atoms with Gasteiger partial charge in [-0.25, -0.2) is 13.6 Å². The number of hydrogen-bond donors (Lipinski definition) is 1. The van der Waals surface area contributed by atoms with Crippen LogP contribution in [0.4, 0.5) is 13.6 Å². The quantitative estimate of drug-likeness (QED) is 0.931. The van der Waals surface area contributed by atoms with E-state index in [0.29, 0.717) is 18.7 Å². The summed E-state index contributed by atoms with van der Waals surface area (Å²) in [5.74, 6) is -1.18. The molecule has 1 fully saturated rings. The first kappa shape index (κ1) is 16.7. The average Bonchev–Trinajstić information content (AvgIpc) is 2.29. The van der Waals surface area contributed by atoms with E-state index in [4.69, 9.17) is 4.74 Å². The molecule has 2 rings (SSSR count). The van der Waals surface area contributed by atoms with Gasteiger partial charge in [0, 0.05) is 31.2 Å². The number of rotatable bonds is 3. The number of carbonyl (C=O) groups is 1. The van der Waals surface area contributed by atoms with Crippen LogP contribution in [-0.4, -0.2) is 35.7 Å². The van der Waals surface area contributed by atoms with E-state index in [2.05, 4.69) is 5.32 Å². The lowest BCUT2D eigenvalue weighted by Gasteiger charge is -2.41. The zero-order valence-electron chi connectivity index (χ0n) is 13.3. The molecule has 1 unspecified atom stereocenters. The van der Waals surface area contributed by atoms with E-state index in [1.165, 1.54) is 12.1 Å². The summed E-state index contributed by atoms with van der Waals surface area (Å²) in [5.41, 5.74) is 0.0374. The van der Waals surface area contributed by atoms with Gasteiger partial charge >= 0.3 is 6.09 Å². The summed E-state index contributed by atoms with van der Waals surface area (Å²) in [6.07, 6.45) is -0.338. The second-order valence-electron chi connectivity index (χ2n) is 6.67. The minimum Gasteiger partial charge on any atom is -0.444 e. The summed E-state index contributed by atoms with van der Waals surface area (Å²) >= 11 is 0. The van der Waals surface area contributed by atoms with Crippen molar-refractivity contribution in [2.75, 3.05) is 13.1 Å². The number of benzene rings is 1. The fourth-order valence-electron chi connectivity index (χ4n) is 2.33. The minimum absolute atomic E-state index is 0.0915. The van der Waals surface area contributed by atoms with E-state index in [-0.39, 0.29) is 18.2 Å². The molecule has 1 saturated heterocycles. The number of likely N-dealkylation sites (tertiary alicyclic amines) is 1. The third-order valence-electron chi connectivity index (χ3n) is 3.40. The smallest absolute Gasteiger partial charge is 0.410 e. The maximum atomic E-state index is 13.2. The molecule has 0 aliphatic carbocycles. The Kier molecular flexibility index (Phi) is 4.70. The standard InChI is InChI=1S/C16H22F2N2O2/c1-10(11-5-12(17)7-13(18)6-11)19-14-8-20(9-14)15(21)22-16(2,3)4/h5-7,10,14,19H,8-9H2,1-4H3. The van der Waals surface area contributed by atoms with Crippen LogP contribution in [0.15, 0.2) is 18.2 Å². The second-order valence-corrected chi connectivity index (χ2v) is 6.67. The highest BCUT2D eigenvalue weighted by atomic mass is 19.1. The van der Waals surface area contributed by atoms with Crippen LogP contribution >= 0.6 is 0 Å². The van der Waals surface area contributed by atoms with Gasteiger partial charge in [-0.3, -0.25) is 0 Å². The third kappa shape index (κ3) is 4.40. The summed E-state index contributed by atoms with van der Waals surface area (Å²) in [5, 5.41) is 3.25. The summed E-state index contributed by atoms with van der Waals surface area (Å²) in [6.45, 7) is 8.35. The van der Waals surface area contributed by atoms with Crippen molar-refractivity contribution in [3.05, 3.63) is 35.4 Å². The zero-order valence-corrected chi connectivity index (χ0v) is 13.3. The molecule has 1 N–H and O–H groups in total. The van der Waals surface area contributed by atoms with Crippen molar-refractivity contribution in [2.24, 2.45) is 0 Å². The van der Waals surface area contributed by atoms with Crippen molar-refractivity contribution in [1.82, 2.24) is 10.2 Å². The second kappa shape index (κ2) is 6.20. The SMILES string of the molecule is CC(NC1CN(C(=O)OC(C)(C)C)C1)c1cc(F)cc(F)c1. The van der Waals surface area contributed by atoms with Gasteiger partial charge in [-0.05, 0) is 45.4 Å². The van der Waals surface area contributed by atoms with Crippen LogP contribution in [0.2, 0.25) is 0 Å². The number of carbonyl (C=O) groups excluding carboxylic acids is 1. The fraction of sp³-hybridized carbons (Fsp3) is 0.562. The van der Waals surface area contributed by atoms with E-state index >= 15 is 0 Å². The third-order valence-corrected chi connectivity index (χ3v) is 3.40. The number of halogens is 2. The summed E-state index contributed by atoms with van der Waals surface area (Å²) in [7, 11) is 0. The van der Waals surface area contributed by atoms with Crippen LogP contribution < -0.4 is 5.32 Å². The molecule has 1 heterocycles. The van der Waals surface area contributed by atoms with Crippen LogP contribution in [0, 0.1) is 11.6 Å². The maximum Gasteiger partial charge on any atom is 0.410 e. The van der Waals surface area contributed by atoms with Crippen molar-refractivity contribution < 1.29 is 18.3 Å². The highest BCUT2D eigenvalue weighted by molar-refractivity contribution is 5.69. The summed E-state index contributed by atoms with van der Waals surface area (Å²) in [4.78, 5) is 13.4. The molecular weight excluding hydrogens is 290 g/mol. The van der Waals surface area contributed by atoms with Gasteiger partial charge in [-0.1, -0.05) is 0 Å². The number of nitrogens with one attached hydrogen (secondary N) is 1. The van der Waals surface area contributed by atoms with Crippen molar-refractivity contribution in [3.8, 4) is 0 Å². The van der Waals surface area contributed by atoms with Crippen molar-refractivity contribution in [3.63, 3.8) is 0 Å². The zero-order chi connectivity index (χ0) is 16.5. The van der Waals surface area contributed by atoms with E-state index in [1.807, 2.05) is 27.7 Å². The predicted molar refractivity (Wildman–Crippen MR) is 79.5 cm³/mol. The van der Waals surface area contributed by atoms with Gasteiger partial charge in [0.2, 0.25) is 0 Å². The molecule has 0 aromatic heterocycles. The monoisotopic (exact) mass is 312 g/mol. The Morgan fingerprint density at radius 3 is 2.32 bits per heavy atom. The molecule has 1 atom stereocenters. The molecular formula is C16H22F2N2O2. The van der Waals surface area contributed by atoms with Gasteiger partial charge in [0.1, 0.15) is 17.2 Å². The minimum atomic E-state index is -0.590. The molecule has 0 saturated carbocycles. The van der Waals surface area contributed by atoms with Gasteiger partial charge in [-0.15, -0.1) is 0 Å². The van der Waals surface area contributed by atoms with Crippen molar-refractivity contribution in [2.45, 2.75) is 45.4 Å². The van der Waals surface area contributed by atoms with Gasteiger partial charge < -0.3 is 15.0 Å². The lowest BCUT2D eigenvalue weighted by atomic mass is 10.0. The van der Waals surface area contributed by atoms with E-state index in [1.54, 1.807) is 4.90 Å². The van der Waals surface area contributed by atoms with Gasteiger partial charge in [0.15, 0.2) is 0 Å². The molecule has 122 valence electrons. The molecule has 4 nitrogen and oxygen atoms in total. The van der Waals surface area contributed by atoms with Crippen LogP contribution in [-0.2, 0) is 4.74 Å². The molecule has 1 aliphatic rings. The Morgan fingerprint density at radius 2 is 1.82 bits per heavy atom. The van der Waals surface area contributed by atoms with Crippen LogP contribution in [0.5, 0.6) is 0 Å². The number of ether oxygens (including phenoxy) is 1. The summed E-state index contributed by atoms with van der Waals surface area (Å²) < 4.78 is 31.7. The molecule has 0 bridgehead atoms. The van der Waals surface area contributed by atoms with Gasteiger partial charge in [0.05, 0.1) is 0 Å². The largest absolute Gasteiger partial charge is 0.444 e. The van der Waals surface area contributed by atoms with Crippen molar-refractivity contribution in [1.29, 1.82) is 0 Å². The molecule has 22 heavy (non-hydrogen) atoms. The van der Waals surface area contributed by atoms with E-state index < -0.39 is 17.2 Å². The molecule has 0 spiro atoms. The molecule has 1 aromatic rings. The lowest BCUT2D eigenvalue weighted by molar-refractivity contribution is 0.00434. The first-order valence-corrected chi connectivity index (χ1v) is 7.34. The van der Waals surface area contributed by atoms with Crippen molar-refractivity contribution >= 4 is 6.09 Å². The Balaban J connectivity index is 1.83. The first-order valence-electron chi connectivity index (χ1n) is 7.34. The van der Waals surface area contributed by atoms with E-state index in [0.717, 1.165) is 6.07 Å². The van der Waals surface area contributed by atoms with Crippen LogP contribution in [0.25, 0.3) is 0 Å². The normalized spacial score (nSPS) is 17.1. The Hall–Kier alpha value is -1.69. The maximum absolute atomic E-state index is 13.2. The van der Waals surface area contributed by atoms with Crippen LogP contribution in [0.3, 0.4) is 0 Å². The fourth-order valence-corrected chi connectivity index (χ4v) is 2.33. The average molecular weight is 312 g/mol. The molecule has 6 heteroatoms.